The lowest BCUT2D eigenvalue weighted by Crippen LogP contribution is -2.26. The van der Waals surface area contributed by atoms with Crippen molar-refractivity contribution >= 4 is 33.8 Å². The van der Waals surface area contributed by atoms with E-state index in [-0.39, 0.29) is 0 Å². The molecule has 0 aliphatic carbocycles. The van der Waals surface area contributed by atoms with Gasteiger partial charge in [0, 0.05) is 23.1 Å². The van der Waals surface area contributed by atoms with Crippen LogP contribution in [0.25, 0.3) is 11.3 Å². The molecular formula is C21H17N2PS. The summed E-state index contributed by atoms with van der Waals surface area (Å²) in [5, 5.41) is 10.9. The fraction of sp³-hybridized carbons (Fsp3) is 0. The maximum atomic E-state index is 6.44. The molecule has 0 atom stereocenters. The molecule has 0 amide bonds. The topological polar surface area (TPSA) is 28.7 Å². The normalized spacial score (nSPS) is 11.4. The Morgan fingerprint density at radius 3 is 1.80 bits per heavy atom. The van der Waals surface area contributed by atoms with E-state index in [9.17, 15) is 0 Å². The van der Waals surface area contributed by atoms with Gasteiger partial charge < -0.3 is 0 Å². The molecule has 0 saturated heterocycles. The average Bonchev–Trinajstić information content (AvgIpc) is 3.23. The first-order chi connectivity index (χ1) is 12.3. The molecule has 25 heavy (non-hydrogen) atoms. The van der Waals surface area contributed by atoms with Gasteiger partial charge in [-0.25, -0.2) is 0 Å². The van der Waals surface area contributed by atoms with Crippen molar-refractivity contribution in [3.8, 4) is 11.3 Å². The van der Waals surface area contributed by atoms with Crippen LogP contribution in [-0.2, 0) is 11.8 Å². The summed E-state index contributed by atoms with van der Waals surface area (Å²) in [6.07, 6.45) is 1.85. The molecule has 2 nitrogen and oxygen atoms in total. The summed E-state index contributed by atoms with van der Waals surface area (Å²) in [5.74, 6) is 0. The standard InChI is InChI=1S/C21H17N2PS/c25-24(17-9-3-1-4-10-17,18-11-5-2-6-12-18)21-14-8-7-13-19(21)20-15-16-22-23-20/h1-16H,(H,22,23). The maximum absolute atomic E-state index is 6.44. The monoisotopic (exact) mass is 360 g/mol. The molecule has 0 aliphatic rings. The van der Waals surface area contributed by atoms with Crippen LogP contribution in [0.1, 0.15) is 0 Å². The van der Waals surface area contributed by atoms with Crippen molar-refractivity contribution in [2.75, 3.05) is 0 Å². The Hall–Kier alpha value is -2.48. The Morgan fingerprint density at radius 2 is 1.24 bits per heavy atom. The highest BCUT2D eigenvalue weighted by molar-refractivity contribution is 8.25. The third kappa shape index (κ3) is 2.86. The van der Waals surface area contributed by atoms with Crippen molar-refractivity contribution < 1.29 is 0 Å². The number of benzene rings is 3. The van der Waals surface area contributed by atoms with E-state index in [1.54, 1.807) is 0 Å². The Morgan fingerprint density at radius 1 is 0.680 bits per heavy atom. The van der Waals surface area contributed by atoms with E-state index in [4.69, 9.17) is 11.8 Å². The minimum absolute atomic E-state index is 0.927. The van der Waals surface area contributed by atoms with Gasteiger partial charge in [-0.3, -0.25) is 5.10 Å². The Balaban J connectivity index is 2.03. The van der Waals surface area contributed by atoms with Crippen molar-refractivity contribution in [1.29, 1.82) is 0 Å². The highest BCUT2D eigenvalue weighted by Crippen LogP contribution is 2.45. The summed E-state index contributed by atoms with van der Waals surface area (Å²) >= 11 is 6.44. The predicted octanol–water partition coefficient (Wildman–Crippen LogP) is 3.83. The second-order valence-electron chi connectivity index (χ2n) is 5.76. The van der Waals surface area contributed by atoms with Gasteiger partial charge in [0.25, 0.3) is 0 Å². The number of hydrogen-bond acceptors (Lipinski definition) is 2. The molecule has 4 rings (SSSR count). The number of aromatic nitrogens is 2. The molecule has 3 aromatic carbocycles. The fourth-order valence-electron chi connectivity index (χ4n) is 3.08. The molecule has 0 aliphatic heterocycles. The number of hydrogen-bond donors (Lipinski definition) is 1. The van der Waals surface area contributed by atoms with E-state index >= 15 is 0 Å². The molecule has 0 bridgehead atoms. The van der Waals surface area contributed by atoms with Crippen LogP contribution >= 0.6 is 6.04 Å². The van der Waals surface area contributed by atoms with E-state index in [2.05, 4.69) is 76.9 Å². The van der Waals surface area contributed by atoms with Crippen LogP contribution in [0.3, 0.4) is 0 Å². The van der Waals surface area contributed by atoms with E-state index in [0.717, 1.165) is 11.3 Å². The van der Waals surface area contributed by atoms with Gasteiger partial charge in [-0.05, 0) is 16.7 Å². The van der Waals surface area contributed by atoms with Crippen molar-refractivity contribution in [2.24, 2.45) is 0 Å². The van der Waals surface area contributed by atoms with Gasteiger partial charge in [-0.1, -0.05) is 96.7 Å². The molecule has 0 spiro atoms. The maximum Gasteiger partial charge on any atom is 0.0927 e. The number of H-pyrrole nitrogens is 1. The first-order valence-corrected chi connectivity index (χ1v) is 10.9. The van der Waals surface area contributed by atoms with Crippen molar-refractivity contribution in [3.63, 3.8) is 0 Å². The van der Waals surface area contributed by atoms with Crippen LogP contribution in [0.4, 0.5) is 0 Å². The minimum atomic E-state index is -2.18. The zero-order valence-electron chi connectivity index (χ0n) is 13.5. The number of aromatic amines is 1. The first-order valence-electron chi connectivity index (χ1n) is 8.11. The Kier molecular flexibility index (Phi) is 4.35. The molecule has 0 unspecified atom stereocenters. The quantitative estimate of drug-likeness (QED) is 0.560. The van der Waals surface area contributed by atoms with Gasteiger partial charge in [0.1, 0.15) is 0 Å². The van der Waals surface area contributed by atoms with Crippen LogP contribution in [0.15, 0.2) is 97.2 Å². The molecule has 122 valence electrons. The molecule has 0 saturated carbocycles. The lowest BCUT2D eigenvalue weighted by atomic mass is 10.1. The zero-order chi connectivity index (χ0) is 17.1. The van der Waals surface area contributed by atoms with Crippen LogP contribution in [0.2, 0.25) is 0 Å². The fourth-order valence-corrected chi connectivity index (χ4v) is 7.15. The van der Waals surface area contributed by atoms with E-state index in [0.29, 0.717) is 0 Å². The van der Waals surface area contributed by atoms with Gasteiger partial charge in [0.05, 0.1) is 5.69 Å². The average molecular weight is 360 g/mol. The van der Waals surface area contributed by atoms with Crippen LogP contribution in [0, 0.1) is 0 Å². The first kappa shape index (κ1) is 16.0. The molecule has 0 radical (unpaired) electrons. The highest BCUT2D eigenvalue weighted by Gasteiger charge is 2.27. The van der Waals surface area contributed by atoms with E-state index in [1.165, 1.54) is 15.9 Å². The molecule has 1 heterocycles. The molecule has 0 fully saturated rings. The lowest BCUT2D eigenvalue weighted by molar-refractivity contribution is 1.10. The predicted molar refractivity (Wildman–Crippen MR) is 110 cm³/mol. The largest absolute Gasteiger partial charge is 0.285 e. The SMILES string of the molecule is S=P(c1ccccc1)(c1ccccc1)c1ccccc1-c1cc[nH]n1. The zero-order valence-corrected chi connectivity index (χ0v) is 15.3. The number of nitrogens with one attached hydrogen (secondary N) is 1. The summed E-state index contributed by atoms with van der Waals surface area (Å²) in [4.78, 5) is 0. The van der Waals surface area contributed by atoms with Crippen LogP contribution in [0.5, 0.6) is 0 Å². The molecule has 1 aromatic heterocycles. The lowest BCUT2D eigenvalue weighted by Gasteiger charge is -2.26. The second-order valence-corrected chi connectivity index (χ2v) is 10.1. The summed E-state index contributed by atoms with van der Waals surface area (Å²) in [7, 11) is 0. The smallest absolute Gasteiger partial charge is 0.0927 e. The molecule has 4 aromatic rings. The van der Waals surface area contributed by atoms with E-state index < -0.39 is 6.04 Å². The minimum Gasteiger partial charge on any atom is -0.285 e. The second kappa shape index (κ2) is 6.79. The summed E-state index contributed by atoms with van der Waals surface area (Å²) in [6, 6.07) is 29.1. The molecule has 1 N–H and O–H groups in total. The molecule has 4 heteroatoms. The van der Waals surface area contributed by atoms with Gasteiger partial charge in [0.2, 0.25) is 0 Å². The summed E-state index contributed by atoms with van der Waals surface area (Å²) < 4.78 is 0. The van der Waals surface area contributed by atoms with Crippen LogP contribution < -0.4 is 15.9 Å². The van der Waals surface area contributed by atoms with Gasteiger partial charge >= 0.3 is 0 Å². The number of nitrogens with zero attached hydrogens (tertiary/aromatic N) is 1. The Bertz CT molecular complexity index is 969. The van der Waals surface area contributed by atoms with Crippen molar-refractivity contribution in [3.05, 3.63) is 97.2 Å². The Labute approximate surface area is 152 Å². The third-order valence-electron chi connectivity index (χ3n) is 4.26. The van der Waals surface area contributed by atoms with E-state index in [1.807, 2.05) is 30.5 Å². The van der Waals surface area contributed by atoms with Crippen LogP contribution in [-0.4, -0.2) is 10.2 Å². The highest BCUT2D eigenvalue weighted by atomic mass is 32.4. The summed E-state index contributed by atoms with van der Waals surface area (Å²) in [6.45, 7) is 0. The third-order valence-corrected chi connectivity index (χ3v) is 9.23. The van der Waals surface area contributed by atoms with Gasteiger partial charge in [-0.2, -0.15) is 5.10 Å². The summed E-state index contributed by atoms with van der Waals surface area (Å²) in [5.41, 5.74) is 2.02. The number of rotatable bonds is 4. The molecular weight excluding hydrogens is 343 g/mol. The van der Waals surface area contributed by atoms with Gasteiger partial charge in [0.15, 0.2) is 0 Å². The van der Waals surface area contributed by atoms with Crippen molar-refractivity contribution in [1.82, 2.24) is 10.2 Å². The van der Waals surface area contributed by atoms with Gasteiger partial charge in [-0.15, -0.1) is 0 Å². The van der Waals surface area contributed by atoms with Crippen molar-refractivity contribution in [2.45, 2.75) is 0 Å².